The van der Waals surface area contributed by atoms with Crippen molar-refractivity contribution in [3.8, 4) is 0 Å². The molecule has 4 heteroatoms. The molecule has 2 N–H and O–H groups in total. The van der Waals surface area contributed by atoms with Gasteiger partial charge in [-0.3, -0.25) is 4.98 Å². The number of aryl methyl sites for hydroxylation is 2. The van der Waals surface area contributed by atoms with E-state index in [1.54, 1.807) is 12.4 Å². The van der Waals surface area contributed by atoms with E-state index in [1.165, 1.54) is 11.1 Å². The van der Waals surface area contributed by atoms with Gasteiger partial charge in [0.05, 0.1) is 12.4 Å². The molecule has 0 unspecified atom stereocenters. The van der Waals surface area contributed by atoms with Crippen LogP contribution in [0.3, 0.4) is 0 Å². The normalized spacial score (nSPS) is 10.2. The highest BCUT2D eigenvalue weighted by Gasteiger charge is 2.00. The van der Waals surface area contributed by atoms with Crippen molar-refractivity contribution in [2.45, 2.75) is 20.8 Å². The Labute approximate surface area is 107 Å². The van der Waals surface area contributed by atoms with E-state index in [2.05, 4.69) is 52.6 Å². The van der Waals surface area contributed by atoms with E-state index in [4.69, 9.17) is 0 Å². The molecule has 0 amide bonds. The number of nitrogens with one attached hydrogen (secondary N) is 2. The van der Waals surface area contributed by atoms with Crippen molar-refractivity contribution in [3.05, 3.63) is 41.7 Å². The second kappa shape index (κ2) is 5.49. The smallest absolute Gasteiger partial charge is 0.151 e. The van der Waals surface area contributed by atoms with Gasteiger partial charge in [0.2, 0.25) is 0 Å². The maximum atomic E-state index is 4.43. The Morgan fingerprint density at radius 3 is 2.33 bits per heavy atom. The van der Waals surface area contributed by atoms with Crippen molar-refractivity contribution in [2.75, 3.05) is 17.2 Å². The Morgan fingerprint density at radius 2 is 1.67 bits per heavy atom. The van der Waals surface area contributed by atoms with Gasteiger partial charge in [-0.25, -0.2) is 4.98 Å². The predicted molar refractivity (Wildman–Crippen MR) is 75.4 cm³/mol. The van der Waals surface area contributed by atoms with Crippen molar-refractivity contribution in [1.82, 2.24) is 9.97 Å². The molecule has 0 bridgehead atoms. The average Bonchev–Trinajstić information content (AvgIpc) is 2.28. The number of aromatic nitrogens is 2. The van der Waals surface area contributed by atoms with Gasteiger partial charge < -0.3 is 10.6 Å². The van der Waals surface area contributed by atoms with Crippen LogP contribution in [0.4, 0.5) is 17.3 Å². The van der Waals surface area contributed by atoms with Crippen LogP contribution in [-0.2, 0) is 0 Å². The quantitative estimate of drug-likeness (QED) is 0.864. The van der Waals surface area contributed by atoms with Crippen LogP contribution >= 0.6 is 0 Å². The zero-order valence-corrected chi connectivity index (χ0v) is 11.0. The summed E-state index contributed by atoms with van der Waals surface area (Å²) in [5.74, 6) is 1.53. The standard InChI is InChI=1S/C14H18N4/c1-4-16-13-8-15-9-14(18-13)17-12-6-10(2)5-11(3)7-12/h5-9H,4H2,1-3H3,(H2,16,17,18). The lowest BCUT2D eigenvalue weighted by atomic mass is 10.1. The van der Waals surface area contributed by atoms with Crippen LogP contribution in [0.15, 0.2) is 30.6 Å². The summed E-state index contributed by atoms with van der Waals surface area (Å²) in [6.07, 6.45) is 3.44. The van der Waals surface area contributed by atoms with E-state index >= 15 is 0 Å². The highest BCUT2D eigenvalue weighted by atomic mass is 15.1. The lowest BCUT2D eigenvalue weighted by Gasteiger charge is -2.09. The molecule has 1 heterocycles. The lowest BCUT2D eigenvalue weighted by molar-refractivity contribution is 1.12. The van der Waals surface area contributed by atoms with E-state index in [1.807, 2.05) is 6.92 Å². The van der Waals surface area contributed by atoms with E-state index in [0.29, 0.717) is 0 Å². The van der Waals surface area contributed by atoms with Gasteiger partial charge in [-0.15, -0.1) is 0 Å². The van der Waals surface area contributed by atoms with Gasteiger partial charge in [0.1, 0.15) is 5.82 Å². The summed E-state index contributed by atoms with van der Waals surface area (Å²) in [5, 5.41) is 6.41. The fourth-order valence-electron chi connectivity index (χ4n) is 1.89. The molecule has 0 aliphatic carbocycles. The Kier molecular flexibility index (Phi) is 3.77. The summed E-state index contributed by atoms with van der Waals surface area (Å²) in [7, 11) is 0. The topological polar surface area (TPSA) is 49.8 Å². The third kappa shape index (κ3) is 3.20. The van der Waals surface area contributed by atoms with Crippen LogP contribution in [0, 0.1) is 13.8 Å². The zero-order chi connectivity index (χ0) is 13.0. The van der Waals surface area contributed by atoms with E-state index < -0.39 is 0 Å². The molecule has 18 heavy (non-hydrogen) atoms. The first kappa shape index (κ1) is 12.4. The Balaban J connectivity index is 2.20. The molecule has 0 saturated heterocycles. The van der Waals surface area contributed by atoms with Gasteiger partial charge >= 0.3 is 0 Å². The van der Waals surface area contributed by atoms with Crippen molar-refractivity contribution >= 4 is 17.3 Å². The molecular weight excluding hydrogens is 224 g/mol. The predicted octanol–water partition coefficient (Wildman–Crippen LogP) is 3.27. The van der Waals surface area contributed by atoms with Crippen LogP contribution in [0.2, 0.25) is 0 Å². The highest BCUT2D eigenvalue weighted by molar-refractivity contribution is 5.58. The molecule has 0 radical (unpaired) electrons. The van der Waals surface area contributed by atoms with Crippen LogP contribution in [-0.4, -0.2) is 16.5 Å². The van der Waals surface area contributed by atoms with Gasteiger partial charge in [0, 0.05) is 12.2 Å². The molecule has 0 aliphatic rings. The van der Waals surface area contributed by atoms with Crippen molar-refractivity contribution < 1.29 is 0 Å². The maximum Gasteiger partial charge on any atom is 0.151 e. The number of anilines is 3. The van der Waals surface area contributed by atoms with Crippen LogP contribution in [0.25, 0.3) is 0 Å². The van der Waals surface area contributed by atoms with Crippen LogP contribution in [0.5, 0.6) is 0 Å². The van der Waals surface area contributed by atoms with Gasteiger partial charge in [-0.05, 0) is 44.0 Å². The number of benzene rings is 1. The minimum Gasteiger partial charge on any atom is -0.369 e. The first-order valence-corrected chi connectivity index (χ1v) is 6.08. The molecule has 4 nitrogen and oxygen atoms in total. The lowest BCUT2D eigenvalue weighted by Crippen LogP contribution is -2.02. The third-order valence-corrected chi connectivity index (χ3v) is 2.49. The van der Waals surface area contributed by atoms with E-state index in [0.717, 1.165) is 23.9 Å². The molecule has 2 aromatic rings. The molecule has 1 aromatic heterocycles. The highest BCUT2D eigenvalue weighted by Crippen LogP contribution is 2.18. The SMILES string of the molecule is CCNc1cncc(Nc2cc(C)cc(C)c2)n1. The number of hydrogen-bond acceptors (Lipinski definition) is 4. The van der Waals surface area contributed by atoms with Crippen molar-refractivity contribution in [1.29, 1.82) is 0 Å². The van der Waals surface area contributed by atoms with E-state index in [9.17, 15) is 0 Å². The molecule has 0 saturated carbocycles. The summed E-state index contributed by atoms with van der Waals surface area (Å²) in [6.45, 7) is 7.03. The number of rotatable bonds is 4. The number of nitrogens with zero attached hydrogens (tertiary/aromatic N) is 2. The minimum absolute atomic E-state index is 0.749. The summed E-state index contributed by atoms with van der Waals surface area (Å²) in [4.78, 5) is 8.59. The Morgan fingerprint density at radius 1 is 1.00 bits per heavy atom. The second-order valence-corrected chi connectivity index (χ2v) is 4.32. The van der Waals surface area contributed by atoms with Gasteiger partial charge in [0.15, 0.2) is 5.82 Å². The average molecular weight is 242 g/mol. The summed E-state index contributed by atoms with van der Waals surface area (Å²) in [6, 6.07) is 6.33. The molecular formula is C14H18N4. The van der Waals surface area contributed by atoms with Crippen LogP contribution < -0.4 is 10.6 Å². The van der Waals surface area contributed by atoms with Gasteiger partial charge in [-0.2, -0.15) is 0 Å². The van der Waals surface area contributed by atoms with Gasteiger partial charge in [-0.1, -0.05) is 6.07 Å². The molecule has 0 aliphatic heterocycles. The summed E-state index contributed by atoms with van der Waals surface area (Å²) in [5.41, 5.74) is 3.50. The Hall–Kier alpha value is -2.10. The summed E-state index contributed by atoms with van der Waals surface area (Å²) >= 11 is 0. The van der Waals surface area contributed by atoms with Crippen molar-refractivity contribution in [3.63, 3.8) is 0 Å². The molecule has 0 spiro atoms. The fourth-order valence-corrected chi connectivity index (χ4v) is 1.89. The zero-order valence-electron chi connectivity index (χ0n) is 11.0. The summed E-state index contributed by atoms with van der Waals surface area (Å²) < 4.78 is 0. The number of hydrogen-bond donors (Lipinski definition) is 2. The molecule has 0 atom stereocenters. The Bertz CT molecular complexity index is 517. The first-order chi connectivity index (χ1) is 8.67. The minimum atomic E-state index is 0.749. The largest absolute Gasteiger partial charge is 0.369 e. The fraction of sp³-hybridized carbons (Fsp3) is 0.286. The second-order valence-electron chi connectivity index (χ2n) is 4.32. The molecule has 94 valence electrons. The van der Waals surface area contributed by atoms with Gasteiger partial charge in [0.25, 0.3) is 0 Å². The molecule has 2 rings (SSSR count). The monoisotopic (exact) mass is 242 g/mol. The van der Waals surface area contributed by atoms with Crippen LogP contribution in [0.1, 0.15) is 18.1 Å². The van der Waals surface area contributed by atoms with Crippen molar-refractivity contribution in [2.24, 2.45) is 0 Å². The third-order valence-electron chi connectivity index (χ3n) is 2.49. The van der Waals surface area contributed by atoms with E-state index in [-0.39, 0.29) is 0 Å². The molecule has 1 aromatic carbocycles. The first-order valence-electron chi connectivity index (χ1n) is 6.08. The maximum absolute atomic E-state index is 4.43. The molecule has 0 fully saturated rings.